The predicted octanol–water partition coefficient (Wildman–Crippen LogP) is 6.25. The van der Waals surface area contributed by atoms with E-state index < -0.39 is 38.4 Å². The van der Waals surface area contributed by atoms with E-state index in [-0.39, 0.29) is 17.4 Å². The summed E-state index contributed by atoms with van der Waals surface area (Å²) in [4.78, 5) is -1.49. The van der Waals surface area contributed by atoms with Crippen LogP contribution in [0.1, 0.15) is 11.1 Å². The second kappa shape index (κ2) is 7.67. The van der Waals surface area contributed by atoms with E-state index in [1.807, 2.05) is 0 Å². The standard InChI is InChI=1S/C20H13F6NO2S/c21-19(22,23)16-12-7-13-17(18(16)20(24,25)26)30(28,29)27(14-8-3-1-4-9-14)15-10-5-2-6-11-15/h1-13H. The summed E-state index contributed by atoms with van der Waals surface area (Å²) in [5.41, 5.74) is -4.39. The molecule has 158 valence electrons. The summed E-state index contributed by atoms with van der Waals surface area (Å²) in [7, 11) is -5.09. The molecule has 0 fully saturated rings. The predicted molar refractivity (Wildman–Crippen MR) is 98.7 cm³/mol. The third-order valence-corrected chi connectivity index (χ3v) is 5.91. The first-order chi connectivity index (χ1) is 13.9. The van der Waals surface area contributed by atoms with Crippen LogP contribution in [0.15, 0.2) is 83.8 Å². The van der Waals surface area contributed by atoms with Gasteiger partial charge in [-0.1, -0.05) is 42.5 Å². The van der Waals surface area contributed by atoms with Gasteiger partial charge in [-0.05, 0) is 36.4 Å². The fraction of sp³-hybridized carbons (Fsp3) is 0.100. The third-order valence-electron chi connectivity index (χ3n) is 4.11. The van der Waals surface area contributed by atoms with Gasteiger partial charge in [0.1, 0.15) is 4.90 Å². The van der Waals surface area contributed by atoms with Crippen LogP contribution in [0.3, 0.4) is 0 Å². The van der Waals surface area contributed by atoms with Crippen LogP contribution in [-0.4, -0.2) is 8.42 Å². The zero-order valence-corrected chi connectivity index (χ0v) is 15.8. The summed E-state index contributed by atoms with van der Waals surface area (Å²) >= 11 is 0. The number of para-hydroxylation sites is 2. The SMILES string of the molecule is O=S(=O)(c1cccc(C(F)(F)F)c1C(F)(F)F)N(c1ccccc1)c1ccccc1. The molecule has 0 bridgehead atoms. The summed E-state index contributed by atoms with van der Waals surface area (Å²) < 4.78 is 108. The maximum atomic E-state index is 13.7. The molecule has 0 radical (unpaired) electrons. The largest absolute Gasteiger partial charge is 0.418 e. The summed E-state index contributed by atoms with van der Waals surface area (Å²) in [5, 5.41) is 0. The van der Waals surface area contributed by atoms with Crippen molar-refractivity contribution in [3.05, 3.63) is 90.0 Å². The summed E-state index contributed by atoms with van der Waals surface area (Å²) in [6.45, 7) is 0. The zero-order chi connectivity index (χ0) is 22.2. The highest BCUT2D eigenvalue weighted by atomic mass is 32.2. The molecule has 0 spiro atoms. The second-order valence-electron chi connectivity index (χ2n) is 6.11. The molecule has 3 nitrogen and oxygen atoms in total. The Morgan fingerprint density at radius 1 is 0.600 bits per heavy atom. The minimum atomic E-state index is -5.56. The highest BCUT2D eigenvalue weighted by Gasteiger charge is 2.48. The third kappa shape index (κ3) is 4.13. The summed E-state index contributed by atoms with van der Waals surface area (Å²) in [6.07, 6.45) is -11.0. The minimum absolute atomic E-state index is 0.0331. The first-order valence-electron chi connectivity index (χ1n) is 8.37. The molecule has 0 saturated carbocycles. The maximum Gasteiger partial charge on any atom is 0.418 e. The average Bonchev–Trinajstić information content (AvgIpc) is 2.68. The molecular formula is C20H13F6NO2S. The fourth-order valence-corrected chi connectivity index (χ4v) is 4.66. The van der Waals surface area contributed by atoms with Crippen LogP contribution in [-0.2, 0) is 22.4 Å². The lowest BCUT2D eigenvalue weighted by Gasteiger charge is -2.27. The molecule has 3 aromatic carbocycles. The molecule has 0 aliphatic heterocycles. The van der Waals surface area contributed by atoms with Gasteiger partial charge in [0, 0.05) is 0 Å². The van der Waals surface area contributed by atoms with E-state index in [1.165, 1.54) is 48.5 Å². The number of hydrogen-bond donors (Lipinski definition) is 0. The molecule has 0 heterocycles. The Morgan fingerprint density at radius 3 is 1.47 bits per heavy atom. The second-order valence-corrected chi connectivity index (χ2v) is 7.87. The Balaban J connectivity index is 2.35. The van der Waals surface area contributed by atoms with Gasteiger partial charge in [0.15, 0.2) is 0 Å². The van der Waals surface area contributed by atoms with Crippen LogP contribution in [0.4, 0.5) is 37.7 Å². The molecular weight excluding hydrogens is 432 g/mol. The topological polar surface area (TPSA) is 37.4 Å². The van der Waals surface area contributed by atoms with Crippen LogP contribution in [0.5, 0.6) is 0 Å². The van der Waals surface area contributed by atoms with Crippen LogP contribution < -0.4 is 4.31 Å². The zero-order valence-electron chi connectivity index (χ0n) is 14.9. The van der Waals surface area contributed by atoms with Crippen molar-refractivity contribution in [3.63, 3.8) is 0 Å². The molecule has 0 aromatic heterocycles. The van der Waals surface area contributed by atoms with Gasteiger partial charge in [0.2, 0.25) is 0 Å². The first-order valence-corrected chi connectivity index (χ1v) is 9.81. The Labute approximate surface area is 168 Å². The Morgan fingerprint density at radius 2 is 1.07 bits per heavy atom. The van der Waals surface area contributed by atoms with Crippen LogP contribution in [0, 0.1) is 0 Å². The van der Waals surface area contributed by atoms with Crippen molar-refractivity contribution < 1.29 is 34.8 Å². The van der Waals surface area contributed by atoms with Crippen molar-refractivity contribution in [2.75, 3.05) is 4.31 Å². The van der Waals surface area contributed by atoms with Gasteiger partial charge in [-0.2, -0.15) is 26.3 Å². The molecule has 0 aliphatic carbocycles. The van der Waals surface area contributed by atoms with Gasteiger partial charge < -0.3 is 0 Å². The van der Waals surface area contributed by atoms with E-state index in [0.29, 0.717) is 16.4 Å². The van der Waals surface area contributed by atoms with Crippen LogP contribution in [0.2, 0.25) is 0 Å². The quantitative estimate of drug-likeness (QED) is 0.445. The van der Waals surface area contributed by atoms with Crippen molar-refractivity contribution in [3.8, 4) is 0 Å². The number of alkyl halides is 6. The van der Waals surface area contributed by atoms with E-state index in [0.717, 1.165) is 0 Å². The summed E-state index contributed by atoms with van der Waals surface area (Å²) in [6, 6.07) is 15.6. The maximum absolute atomic E-state index is 13.7. The van der Waals surface area contributed by atoms with E-state index in [4.69, 9.17) is 0 Å². The van der Waals surface area contributed by atoms with E-state index >= 15 is 0 Å². The van der Waals surface area contributed by atoms with Crippen molar-refractivity contribution in [1.82, 2.24) is 0 Å². The molecule has 0 unspecified atom stereocenters. The van der Waals surface area contributed by atoms with Crippen molar-refractivity contribution in [1.29, 1.82) is 0 Å². The van der Waals surface area contributed by atoms with Crippen LogP contribution >= 0.6 is 0 Å². The molecule has 30 heavy (non-hydrogen) atoms. The fourth-order valence-electron chi connectivity index (χ4n) is 2.93. The number of hydrogen-bond acceptors (Lipinski definition) is 2. The Hall–Kier alpha value is -3.01. The van der Waals surface area contributed by atoms with Crippen molar-refractivity contribution >= 4 is 21.4 Å². The van der Waals surface area contributed by atoms with Crippen molar-refractivity contribution in [2.24, 2.45) is 0 Å². The molecule has 0 N–H and O–H groups in total. The van der Waals surface area contributed by atoms with Crippen LogP contribution in [0.25, 0.3) is 0 Å². The average molecular weight is 445 g/mol. The van der Waals surface area contributed by atoms with Gasteiger partial charge in [-0.3, -0.25) is 0 Å². The van der Waals surface area contributed by atoms with Gasteiger partial charge >= 0.3 is 12.4 Å². The minimum Gasteiger partial charge on any atom is -0.235 e. The Kier molecular flexibility index (Phi) is 5.55. The van der Waals surface area contributed by atoms with E-state index in [1.54, 1.807) is 12.1 Å². The van der Waals surface area contributed by atoms with Gasteiger partial charge in [0.25, 0.3) is 10.0 Å². The smallest absolute Gasteiger partial charge is 0.235 e. The lowest BCUT2D eigenvalue weighted by Crippen LogP contribution is -2.30. The number of sulfonamides is 1. The van der Waals surface area contributed by atoms with Gasteiger partial charge in [0.05, 0.1) is 22.5 Å². The van der Waals surface area contributed by atoms with E-state index in [9.17, 15) is 34.8 Å². The Bertz CT molecular complexity index is 1090. The highest BCUT2D eigenvalue weighted by molar-refractivity contribution is 7.93. The number of rotatable bonds is 4. The lowest BCUT2D eigenvalue weighted by atomic mass is 10.1. The van der Waals surface area contributed by atoms with Gasteiger partial charge in [-0.25, -0.2) is 12.7 Å². The van der Waals surface area contributed by atoms with Crippen molar-refractivity contribution in [2.45, 2.75) is 17.2 Å². The van der Waals surface area contributed by atoms with Gasteiger partial charge in [-0.15, -0.1) is 0 Å². The number of nitrogens with zero attached hydrogens (tertiary/aromatic N) is 1. The number of halogens is 6. The number of anilines is 2. The molecule has 0 saturated heterocycles. The molecule has 0 atom stereocenters. The number of benzene rings is 3. The van der Waals surface area contributed by atoms with E-state index in [2.05, 4.69) is 0 Å². The highest BCUT2D eigenvalue weighted by Crippen LogP contribution is 2.45. The molecule has 0 amide bonds. The molecule has 10 heteroatoms. The monoisotopic (exact) mass is 445 g/mol. The summed E-state index contributed by atoms with van der Waals surface area (Å²) in [5.74, 6) is 0. The normalized spacial score (nSPS) is 12.6. The molecule has 0 aliphatic rings. The first kappa shape index (κ1) is 21.7. The lowest BCUT2D eigenvalue weighted by molar-refractivity contribution is -0.163. The molecule has 3 aromatic rings. The molecule has 3 rings (SSSR count).